The van der Waals surface area contributed by atoms with Gasteiger partial charge in [0, 0.05) is 5.03 Å². The molecule has 0 radical (unpaired) electrons. The van der Waals surface area contributed by atoms with Gasteiger partial charge in [0.1, 0.15) is 0 Å². The van der Waals surface area contributed by atoms with Crippen molar-refractivity contribution in [1.82, 2.24) is 0 Å². The summed E-state index contributed by atoms with van der Waals surface area (Å²) < 4.78 is 4.87. The Morgan fingerprint density at radius 1 is 1.28 bits per heavy atom. The molecule has 1 aromatic carbocycles. The van der Waals surface area contributed by atoms with Crippen LogP contribution in [0.1, 0.15) is 12.5 Å². The minimum atomic E-state index is -0.415. The molecule has 0 fully saturated rings. The van der Waals surface area contributed by atoms with E-state index in [1.807, 2.05) is 30.3 Å². The van der Waals surface area contributed by atoms with Crippen molar-refractivity contribution in [3.8, 4) is 0 Å². The summed E-state index contributed by atoms with van der Waals surface area (Å²) in [4.78, 5) is 11.5. The zero-order chi connectivity index (χ0) is 13.4. The van der Waals surface area contributed by atoms with Crippen LogP contribution in [0, 0.1) is 0 Å². The molecule has 96 valence electrons. The molecule has 0 aromatic heterocycles. The number of esters is 1. The normalized spacial score (nSPS) is 12.4. The fourth-order valence-electron chi connectivity index (χ4n) is 1.26. The first-order valence-corrected chi connectivity index (χ1v) is 6.45. The van der Waals surface area contributed by atoms with Crippen LogP contribution in [0.4, 0.5) is 0 Å². The van der Waals surface area contributed by atoms with Crippen LogP contribution in [0.5, 0.6) is 0 Å². The Kier molecular flexibility index (Phi) is 6.55. The predicted molar refractivity (Wildman–Crippen MR) is 75.7 cm³/mol. The van der Waals surface area contributed by atoms with Gasteiger partial charge in [0.25, 0.3) is 0 Å². The summed E-state index contributed by atoms with van der Waals surface area (Å²) in [6, 6.07) is 9.47. The first-order chi connectivity index (χ1) is 8.69. The fraction of sp³-hybridized carbons (Fsp3) is 0.214. The number of hydrogen-bond acceptors (Lipinski definition) is 2. The van der Waals surface area contributed by atoms with Crippen LogP contribution >= 0.6 is 23.2 Å². The van der Waals surface area contributed by atoms with Gasteiger partial charge in [-0.05, 0) is 24.6 Å². The summed E-state index contributed by atoms with van der Waals surface area (Å²) in [7, 11) is 0. The van der Waals surface area contributed by atoms with Crippen LogP contribution in [-0.2, 0) is 9.53 Å². The van der Waals surface area contributed by atoms with Gasteiger partial charge in [0.15, 0.2) is 0 Å². The number of ether oxygens (including phenoxy) is 1. The van der Waals surface area contributed by atoms with Crippen molar-refractivity contribution in [3.63, 3.8) is 0 Å². The number of hydrogen-bond donors (Lipinski definition) is 0. The van der Waals surface area contributed by atoms with Crippen molar-refractivity contribution in [1.29, 1.82) is 0 Å². The number of rotatable bonds is 5. The molecule has 2 nitrogen and oxygen atoms in total. The molecule has 18 heavy (non-hydrogen) atoms. The Hall–Kier alpha value is -1.25. The SMILES string of the molecule is CCOC(=O)C(=CC=C(Cl)c1ccccc1)CCl. The van der Waals surface area contributed by atoms with Gasteiger partial charge in [-0.15, -0.1) is 11.6 Å². The first-order valence-electron chi connectivity index (χ1n) is 5.54. The number of allylic oxidation sites excluding steroid dienone is 2. The molecule has 0 aliphatic heterocycles. The summed E-state index contributed by atoms with van der Waals surface area (Å²) in [6.07, 6.45) is 3.23. The smallest absolute Gasteiger partial charge is 0.335 e. The second-order valence-corrected chi connectivity index (χ2v) is 4.10. The molecule has 0 aliphatic carbocycles. The second-order valence-electron chi connectivity index (χ2n) is 3.43. The number of carbonyl (C=O) groups excluding carboxylic acids is 1. The third-order valence-corrected chi connectivity index (χ3v) is 2.79. The van der Waals surface area contributed by atoms with E-state index in [0.29, 0.717) is 17.2 Å². The molecule has 0 saturated carbocycles. The quantitative estimate of drug-likeness (QED) is 0.354. The van der Waals surface area contributed by atoms with Crippen molar-refractivity contribution < 1.29 is 9.53 Å². The fourth-order valence-corrected chi connectivity index (χ4v) is 1.65. The Labute approximate surface area is 117 Å². The molecular formula is C14H14Cl2O2. The highest BCUT2D eigenvalue weighted by atomic mass is 35.5. The Morgan fingerprint density at radius 3 is 2.50 bits per heavy atom. The predicted octanol–water partition coefficient (Wildman–Crippen LogP) is 3.99. The van der Waals surface area contributed by atoms with Crippen molar-refractivity contribution >= 4 is 34.2 Å². The summed E-state index contributed by atoms with van der Waals surface area (Å²) in [5.41, 5.74) is 1.26. The molecule has 0 N–H and O–H groups in total. The summed E-state index contributed by atoms with van der Waals surface area (Å²) in [6.45, 7) is 2.07. The Bertz CT molecular complexity index is 450. The van der Waals surface area contributed by atoms with E-state index in [-0.39, 0.29) is 5.88 Å². The maximum Gasteiger partial charge on any atom is 0.335 e. The molecule has 0 heterocycles. The first kappa shape index (κ1) is 14.8. The highest BCUT2D eigenvalue weighted by Crippen LogP contribution is 2.18. The summed E-state index contributed by atoms with van der Waals surface area (Å²) >= 11 is 11.8. The van der Waals surface area contributed by atoms with Crippen LogP contribution in [-0.4, -0.2) is 18.5 Å². The van der Waals surface area contributed by atoms with Gasteiger partial charge >= 0.3 is 5.97 Å². The van der Waals surface area contributed by atoms with Crippen LogP contribution in [0.25, 0.3) is 5.03 Å². The molecule has 0 bridgehead atoms. The lowest BCUT2D eigenvalue weighted by Gasteiger charge is -2.02. The van der Waals surface area contributed by atoms with E-state index in [1.165, 1.54) is 0 Å². The van der Waals surface area contributed by atoms with Crippen molar-refractivity contribution in [2.45, 2.75) is 6.92 Å². The van der Waals surface area contributed by atoms with Crippen molar-refractivity contribution in [2.75, 3.05) is 12.5 Å². The largest absolute Gasteiger partial charge is 0.463 e. The molecule has 0 unspecified atom stereocenters. The van der Waals surface area contributed by atoms with E-state index in [1.54, 1.807) is 19.1 Å². The lowest BCUT2D eigenvalue weighted by Crippen LogP contribution is -2.08. The van der Waals surface area contributed by atoms with E-state index in [4.69, 9.17) is 27.9 Å². The van der Waals surface area contributed by atoms with Gasteiger partial charge in [-0.3, -0.25) is 0 Å². The van der Waals surface area contributed by atoms with E-state index in [0.717, 1.165) is 5.56 Å². The average molecular weight is 285 g/mol. The van der Waals surface area contributed by atoms with Gasteiger partial charge in [-0.25, -0.2) is 4.79 Å². The summed E-state index contributed by atoms with van der Waals surface area (Å²) in [5, 5.41) is 0.544. The van der Waals surface area contributed by atoms with Crippen LogP contribution < -0.4 is 0 Å². The topological polar surface area (TPSA) is 26.3 Å². The van der Waals surface area contributed by atoms with Crippen LogP contribution in [0.2, 0.25) is 0 Å². The lowest BCUT2D eigenvalue weighted by atomic mass is 10.2. The van der Waals surface area contributed by atoms with Gasteiger partial charge in [0.05, 0.1) is 18.1 Å². The van der Waals surface area contributed by atoms with Gasteiger partial charge in [-0.1, -0.05) is 41.9 Å². The molecule has 0 spiro atoms. The van der Waals surface area contributed by atoms with Gasteiger partial charge in [0.2, 0.25) is 0 Å². The molecule has 1 rings (SSSR count). The van der Waals surface area contributed by atoms with Gasteiger partial charge < -0.3 is 4.74 Å². The van der Waals surface area contributed by atoms with E-state index in [9.17, 15) is 4.79 Å². The Morgan fingerprint density at radius 2 is 1.94 bits per heavy atom. The maximum absolute atomic E-state index is 11.5. The number of alkyl halides is 1. The second kappa shape index (κ2) is 7.96. The zero-order valence-corrected chi connectivity index (χ0v) is 11.5. The number of benzene rings is 1. The minimum absolute atomic E-state index is 0.0916. The zero-order valence-electron chi connectivity index (χ0n) is 10.0. The molecule has 0 atom stereocenters. The van der Waals surface area contributed by atoms with E-state index < -0.39 is 5.97 Å². The van der Waals surface area contributed by atoms with Crippen molar-refractivity contribution in [2.24, 2.45) is 0 Å². The Balaban J connectivity index is 2.85. The highest BCUT2D eigenvalue weighted by molar-refractivity contribution is 6.48. The minimum Gasteiger partial charge on any atom is -0.463 e. The van der Waals surface area contributed by atoms with Gasteiger partial charge in [-0.2, -0.15) is 0 Å². The monoisotopic (exact) mass is 284 g/mol. The van der Waals surface area contributed by atoms with Crippen LogP contribution in [0.15, 0.2) is 48.1 Å². The third kappa shape index (κ3) is 4.55. The molecule has 0 saturated heterocycles. The average Bonchev–Trinajstić information content (AvgIpc) is 2.40. The molecule has 1 aromatic rings. The van der Waals surface area contributed by atoms with E-state index >= 15 is 0 Å². The van der Waals surface area contributed by atoms with E-state index in [2.05, 4.69) is 0 Å². The third-order valence-electron chi connectivity index (χ3n) is 2.16. The standard InChI is InChI=1S/C14H14Cl2O2/c1-2-18-14(17)12(10-15)8-9-13(16)11-6-4-3-5-7-11/h3-9H,2,10H2,1H3. The van der Waals surface area contributed by atoms with Crippen molar-refractivity contribution in [3.05, 3.63) is 53.6 Å². The number of carbonyl (C=O) groups is 1. The summed E-state index contributed by atoms with van der Waals surface area (Å²) in [5.74, 6) is -0.324. The highest BCUT2D eigenvalue weighted by Gasteiger charge is 2.07. The lowest BCUT2D eigenvalue weighted by molar-refractivity contribution is -0.138. The maximum atomic E-state index is 11.5. The van der Waals surface area contributed by atoms with Crippen LogP contribution in [0.3, 0.4) is 0 Å². The molecule has 0 amide bonds. The molecular weight excluding hydrogens is 271 g/mol. The molecule has 4 heteroatoms. The molecule has 0 aliphatic rings. The number of halogens is 2.